The predicted molar refractivity (Wildman–Crippen MR) is 174 cm³/mol. The number of rotatable bonds is 7. The van der Waals surface area contributed by atoms with Crippen LogP contribution in [0.25, 0.3) is 12.2 Å². The molecule has 4 aromatic rings. The Bertz CT molecular complexity index is 1660. The maximum absolute atomic E-state index is 13.8. The lowest BCUT2D eigenvalue weighted by Gasteiger charge is -2.24. The molecule has 8 heteroatoms. The van der Waals surface area contributed by atoms with Crippen molar-refractivity contribution in [1.82, 2.24) is 9.80 Å². The maximum atomic E-state index is 13.8. The van der Waals surface area contributed by atoms with E-state index in [0.717, 1.165) is 31.2 Å². The quantitative estimate of drug-likeness (QED) is 0.195. The van der Waals surface area contributed by atoms with Crippen molar-refractivity contribution in [3.63, 3.8) is 0 Å². The Morgan fingerprint density at radius 3 is 1.26 bits per heavy atom. The minimum atomic E-state index is -0.226. The Hall–Kier alpha value is -4.40. The molecule has 0 spiro atoms. The number of hydrogen-bond acceptors (Lipinski definition) is 4. The first-order valence-corrected chi connectivity index (χ1v) is 14.9. The van der Waals surface area contributed by atoms with Crippen LogP contribution in [0.3, 0.4) is 0 Å². The largest absolute Gasteiger partial charge is 0.289 e. The topological polar surface area (TPSA) is 65.3 Å². The van der Waals surface area contributed by atoms with Gasteiger partial charge in [-0.1, -0.05) is 129 Å². The maximum Gasteiger partial charge on any atom is 0.278 e. The first kappa shape index (κ1) is 27.8. The van der Waals surface area contributed by atoms with Gasteiger partial charge in [0.05, 0.1) is 0 Å². The molecule has 206 valence electrons. The highest BCUT2D eigenvalue weighted by Crippen LogP contribution is 2.29. The van der Waals surface area contributed by atoms with E-state index in [0.29, 0.717) is 23.1 Å². The van der Waals surface area contributed by atoms with E-state index in [2.05, 4.69) is 31.9 Å². The molecule has 0 fully saturated rings. The third kappa shape index (κ3) is 5.68. The zero-order chi connectivity index (χ0) is 29.1. The summed E-state index contributed by atoms with van der Waals surface area (Å²) in [6, 6.07) is 34.6. The molecule has 0 bridgehead atoms. The monoisotopic (exact) mass is 678 g/mol. The lowest BCUT2D eigenvalue weighted by atomic mass is 10.1. The van der Waals surface area contributed by atoms with Gasteiger partial charge >= 0.3 is 0 Å². The van der Waals surface area contributed by atoms with Crippen molar-refractivity contribution in [2.45, 2.75) is 0 Å². The molecule has 0 saturated heterocycles. The Kier molecular flexibility index (Phi) is 8.08. The van der Waals surface area contributed by atoms with E-state index in [1.807, 2.05) is 109 Å². The second kappa shape index (κ2) is 12.2. The zero-order valence-electron chi connectivity index (χ0n) is 22.3. The Balaban J connectivity index is 1.35. The average molecular weight is 680 g/mol. The van der Waals surface area contributed by atoms with Gasteiger partial charge in [0.2, 0.25) is 0 Å². The Morgan fingerprint density at radius 2 is 0.881 bits per heavy atom. The van der Waals surface area contributed by atoms with Crippen molar-refractivity contribution >= 4 is 67.5 Å². The van der Waals surface area contributed by atoms with Crippen LogP contribution < -0.4 is 0 Å². The Labute approximate surface area is 260 Å². The summed E-state index contributed by atoms with van der Waals surface area (Å²) in [5.74, 6) is 0.604. The van der Waals surface area contributed by atoms with Gasteiger partial charge < -0.3 is 0 Å². The molecule has 2 heterocycles. The summed E-state index contributed by atoms with van der Waals surface area (Å²) in [4.78, 5) is 40.4. The van der Waals surface area contributed by atoms with Gasteiger partial charge in [0.1, 0.15) is 23.1 Å². The third-order valence-electron chi connectivity index (χ3n) is 6.88. The van der Waals surface area contributed by atoms with Crippen molar-refractivity contribution in [2.75, 3.05) is 13.1 Å². The van der Waals surface area contributed by atoms with E-state index in [-0.39, 0.29) is 24.9 Å². The van der Waals surface area contributed by atoms with Crippen molar-refractivity contribution in [2.24, 2.45) is 9.98 Å². The predicted octanol–water partition coefficient (Wildman–Crippen LogP) is 7.17. The van der Waals surface area contributed by atoms with E-state index in [1.165, 1.54) is 0 Å². The van der Waals surface area contributed by atoms with Crippen LogP contribution in [0.15, 0.2) is 140 Å². The third-order valence-corrected chi connectivity index (χ3v) is 8.26. The molecule has 0 unspecified atom stereocenters. The fraction of sp³-hybridized carbons (Fsp3) is 0.0588. The molecule has 0 aromatic heterocycles. The number of aliphatic imine (C=N–C) groups is 2. The van der Waals surface area contributed by atoms with Crippen LogP contribution in [0, 0.1) is 0 Å². The van der Waals surface area contributed by atoms with Crippen LogP contribution in [0.2, 0.25) is 0 Å². The first-order valence-electron chi connectivity index (χ1n) is 13.3. The summed E-state index contributed by atoms with van der Waals surface area (Å²) < 4.78 is 1.65. The Morgan fingerprint density at radius 1 is 0.524 bits per heavy atom. The molecule has 2 aliphatic rings. The van der Waals surface area contributed by atoms with Crippen molar-refractivity contribution in [3.05, 3.63) is 152 Å². The van der Waals surface area contributed by atoms with Crippen LogP contribution >= 0.6 is 31.9 Å². The fourth-order valence-electron chi connectivity index (χ4n) is 4.83. The fourth-order valence-corrected chi connectivity index (χ4v) is 5.75. The number of carbonyl (C=O) groups is 2. The van der Waals surface area contributed by atoms with Crippen molar-refractivity contribution in [1.29, 1.82) is 0 Å². The highest BCUT2D eigenvalue weighted by molar-refractivity contribution is 9.10. The molecule has 2 aliphatic heterocycles. The van der Waals surface area contributed by atoms with Gasteiger partial charge in [-0.15, -0.1) is 0 Å². The van der Waals surface area contributed by atoms with Crippen LogP contribution in [-0.2, 0) is 9.59 Å². The number of nitrogens with zero attached hydrogens (tertiary/aromatic N) is 4. The number of hydrogen-bond donors (Lipinski definition) is 0. The molecule has 6 rings (SSSR count). The van der Waals surface area contributed by atoms with Crippen LogP contribution in [0.5, 0.6) is 0 Å². The minimum absolute atomic E-state index is 0.221. The summed E-state index contributed by atoms with van der Waals surface area (Å²) in [5.41, 5.74) is 4.02. The molecule has 0 radical (unpaired) electrons. The smallest absolute Gasteiger partial charge is 0.278 e. The number of benzene rings is 4. The molecular formula is C34H24Br2N4O2. The first-order chi connectivity index (χ1) is 20.5. The van der Waals surface area contributed by atoms with E-state index in [4.69, 9.17) is 9.98 Å². The normalized spacial score (nSPS) is 16.9. The molecule has 0 saturated carbocycles. The van der Waals surface area contributed by atoms with E-state index in [9.17, 15) is 9.59 Å². The summed E-state index contributed by atoms with van der Waals surface area (Å²) in [6.07, 6.45) is 3.57. The van der Waals surface area contributed by atoms with Gasteiger partial charge in [0, 0.05) is 33.2 Å². The molecule has 0 aliphatic carbocycles. The summed E-state index contributed by atoms with van der Waals surface area (Å²) >= 11 is 7.24. The standard InChI is InChI=1S/C34H24Br2N4O2/c35-27-17-9-7-15-25(27)31-37-29(21-23-11-3-1-4-12-23)33(41)39(31)19-20-40-32(26-16-8-10-18-28(26)36)38-30(34(40)42)22-24-13-5-2-6-14-24/h1-18,21-22H,19-20H2. The number of amides is 2. The minimum Gasteiger partial charge on any atom is -0.289 e. The van der Waals surface area contributed by atoms with Gasteiger partial charge in [-0.3, -0.25) is 19.4 Å². The van der Waals surface area contributed by atoms with Gasteiger partial charge in [-0.05, 0) is 35.4 Å². The van der Waals surface area contributed by atoms with Crippen LogP contribution in [0.4, 0.5) is 0 Å². The number of halogens is 2. The average Bonchev–Trinajstić information content (AvgIpc) is 3.48. The van der Waals surface area contributed by atoms with E-state index >= 15 is 0 Å². The molecule has 0 atom stereocenters. The second-order valence-corrected chi connectivity index (χ2v) is 11.3. The van der Waals surface area contributed by atoms with Crippen molar-refractivity contribution < 1.29 is 9.59 Å². The van der Waals surface area contributed by atoms with E-state index < -0.39 is 0 Å². The molecule has 42 heavy (non-hydrogen) atoms. The van der Waals surface area contributed by atoms with Gasteiger partial charge in [-0.2, -0.15) is 0 Å². The number of amidine groups is 2. The van der Waals surface area contributed by atoms with Gasteiger partial charge in [-0.25, -0.2) is 9.98 Å². The van der Waals surface area contributed by atoms with Gasteiger partial charge in [0.15, 0.2) is 0 Å². The number of carbonyl (C=O) groups excluding carboxylic acids is 2. The molecule has 2 amide bonds. The molecule has 4 aromatic carbocycles. The summed E-state index contributed by atoms with van der Waals surface area (Å²) in [5, 5.41) is 0. The SMILES string of the molecule is O=C1C(=Cc2ccccc2)N=C(c2ccccc2Br)N1CCN1C(=O)C(=Cc2ccccc2)N=C1c1ccccc1Br. The highest BCUT2D eigenvalue weighted by atomic mass is 79.9. The lowest BCUT2D eigenvalue weighted by Crippen LogP contribution is -2.43. The highest BCUT2D eigenvalue weighted by Gasteiger charge is 2.36. The molecule has 6 nitrogen and oxygen atoms in total. The molecular weight excluding hydrogens is 656 g/mol. The summed E-state index contributed by atoms with van der Waals surface area (Å²) in [6.45, 7) is 0.442. The molecule has 0 N–H and O–H groups in total. The second-order valence-electron chi connectivity index (χ2n) is 9.62. The van der Waals surface area contributed by atoms with Crippen molar-refractivity contribution in [3.8, 4) is 0 Å². The van der Waals surface area contributed by atoms with Gasteiger partial charge in [0.25, 0.3) is 11.8 Å². The lowest BCUT2D eigenvalue weighted by molar-refractivity contribution is -0.125. The van der Waals surface area contributed by atoms with Crippen LogP contribution in [0.1, 0.15) is 22.3 Å². The summed E-state index contributed by atoms with van der Waals surface area (Å²) in [7, 11) is 0. The van der Waals surface area contributed by atoms with E-state index in [1.54, 1.807) is 22.0 Å². The zero-order valence-corrected chi connectivity index (χ0v) is 25.5. The van der Waals surface area contributed by atoms with Crippen LogP contribution in [-0.4, -0.2) is 46.4 Å².